The zero-order valence-corrected chi connectivity index (χ0v) is 15.3. The zero-order chi connectivity index (χ0) is 18.7. The highest BCUT2D eigenvalue weighted by molar-refractivity contribution is 7.99. The minimum Gasteiger partial charge on any atom is -0.479 e. The Kier molecular flexibility index (Phi) is 5.38. The maximum Gasteiger partial charge on any atom is 0.330 e. The summed E-state index contributed by atoms with van der Waals surface area (Å²) in [6, 6.07) is 9.84. The zero-order valence-electron chi connectivity index (χ0n) is 13.8. The molecule has 2 heterocycles. The van der Waals surface area contributed by atoms with Crippen molar-refractivity contribution in [2.75, 3.05) is 11.5 Å². The van der Waals surface area contributed by atoms with Gasteiger partial charge in [0.25, 0.3) is 11.5 Å². The summed E-state index contributed by atoms with van der Waals surface area (Å²) in [5, 5.41) is 12.6. The van der Waals surface area contributed by atoms with Crippen LogP contribution in [-0.4, -0.2) is 38.6 Å². The second-order valence-electron chi connectivity index (χ2n) is 6.12. The monoisotopic (exact) mass is 392 g/mol. The molecule has 136 valence electrons. The van der Waals surface area contributed by atoms with E-state index in [0.29, 0.717) is 22.9 Å². The van der Waals surface area contributed by atoms with Crippen molar-refractivity contribution in [2.45, 2.75) is 18.5 Å². The van der Waals surface area contributed by atoms with Crippen LogP contribution in [0.25, 0.3) is 0 Å². The van der Waals surface area contributed by atoms with Crippen molar-refractivity contribution in [3.05, 3.63) is 69.1 Å². The number of carboxylic acids is 1. The van der Waals surface area contributed by atoms with Gasteiger partial charge in [0.1, 0.15) is 5.54 Å². The van der Waals surface area contributed by atoms with Crippen LogP contribution in [0.1, 0.15) is 22.3 Å². The molecule has 1 atom stereocenters. The summed E-state index contributed by atoms with van der Waals surface area (Å²) in [5.41, 5.74) is -0.547. The minimum absolute atomic E-state index is 0.222. The number of halogens is 1. The molecule has 26 heavy (non-hydrogen) atoms. The van der Waals surface area contributed by atoms with E-state index in [4.69, 9.17) is 11.6 Å². The largest absolute Gasteiger partial charge is 0.479 e. The Morgan fingerprint density at radius 1 is 1.27 bits per heavy atom. The van der Waals surface area contributed by atoms with Gasteiger partial charge in [-0.2, -0.15) is 11.8 Å². The summed E-state index contributed by atoms with van der Waals surface area (Å²) in [5.74, 6) is -0.547. The van der Waals surface area contributed by atoms with Crippen LogP contribution in [0.15, 0.2) is 47.4 Å². The van der Waals surface area contributed by atoms with E-state index in [2.05, 4.69) is 5.32 Å². The number of rotatable bonds is 5. The van der Waals surface area contributed by atoms with Gasteiger partial charge in [0.15, 0.2) is 0 Å². The number of carbonyl (C=O) groups is 2. The average Bonchev–Trinajstić information content (AvgIpc) is 3.08. The highest BCUT2D eigenvalue weighted by Crippen LogP contribution is 2.28. The third kappa shape index (κ3) is 3.78. The standard InChI is InChI=1S/C18H17ClN2O4S/c19-14-4-2-1-3-12(14)9-21-10-13(5-6-15(21)22)16(23)20-18(17(24)25)7-8-26-11-18/h1-6,10H,7-9,11H2,(H,20,23)(H,24,25). The normalized spacial score (nSPS) is 19.3. The molecule has 1 saturated heterocycles. The van der Waals surface area contributed by atoms with Gasteiger partial charge < -0.3 is 15.0 Å². The molecular formula is C18H17ClN2O4S. The Labute approximate surface area is 159 Å². The Bertz CT molecular complexity index is 906. The molecule has 8 heteroatoms. The van der Waals surface area contributed by atoms with E-state index in [9.17, 15) is 19.5 Å². The lowest BCUT2D eigenvalue weighted by Gasteiger charge is -2.24. The van der Waals surface area contributed by atoms with E-state index in [1.807, 2.05) is 6.07 Å². The number of nitrogens with one attached hydrogen (secondary N) is 1. The number of nitrogens with zero attached hydrogens (tertiary/aromatic N) is 1. The van der Waals surface area contributed by atoms with Gasteiger partial charge >= 0.3 is 5.97 Å². The molecule has 3 rings (SSSR count). The Balaban J connectivity index is 1.85. The molecule has 0 spiro atoms. The number of pyridine rings is 1. The number of carbonyl (C=O) groups excluding carboxylic acids is 1. The highest BCUT2D eigenvalue weighted by Gasteiger charge is 2.43. The van der Waals surface area contributed by atoms with Crippen molar-refractivity contribution in [2.24, 2.45) is 0 Å². The summed E-state index contributed by atoms with van der Waals surface area (Å²) < 4.78 is 1.38. The van der Waals surface area contributed by atoms with Crippen LogP contribution in [0.5, 0.6) is 0 Å². The molecule has 2 aromatic rings. The summed E-state index contributed by atoms with van der Waals surface area (Å²) in [6.07, 6.45) is 1.80. The van der Waals surface area contributed by atoms with Crippen LogP contribution in [0.2, 0.25) is 5.02 Å². The molecule has 6 nitrogen and oxygen atoms in total. The third-order valence-electron chi connectivity index (χ3n) is 4.33. The lowest BCUT2D eigenvalue weighted by atomic mass is 9.98. The molecule has 0 saturated carbocycles. The third-order valence-corrected chi connectivity index (χ3v) is 5.89. The van der Waals surface area contributed by atoms with E-state index < -0.39 is 17.4 Å². The molecule has 1 aromatic heterocycles. The smallest absolute Gasteiger partial charge is 0.330 e. The van der Waals surface area contributed by atoms with Crippen LogP contribution in [-0.2, 0) is 11.3 Å². The number of carboxylic acid groups (broad SMARTS) is 1. The van der Waals surface area contributed by atoms with Crippen molar-refractivity contribution in [1.29, 1.82) is 0 Å². The number of hydrogen-bond acceptors (Lipinski definition) is 4. The van der Waals surface area contributed by atoms with Gasteiger partial charge in [-0.1, -0.05) is 29.8 Å². The number of benzene rings is 1. The van der Waals surface area contributed by atoms with E-state index >= 15 is 0 Å². The first-order valence-electron chi connectivity index (χ1n) is 7.99. The lowest BCUT2D eigenvalue weighted by molar-refractivity contribution is -0.143. The van der Waals surface area contributed by atoms with Gasteiger partial charge in [0.05, 0.1) is 12.1 Å². The second-order valence-corrected chi connectivity index (χ2v) is 7.63. The van der Waals surface area contributed by atoms with Crippen molar-refractivity contribution in [3.8, 4) is 0 Å². The van der Waals surface area contributed by atoms with Gasteiger partial charge in [-0.25, -0.2) is 4.79 Å². The summed E-state index contributed by atoms with van der Waals surface area (Å²) in [6.45, 7) is 0.222. The van der Waals surface area contributed by atoms with Gasteiger partial charge in [-0.15, -0.1) is 0 Å². The van der Waals surface area contributed by atoms with Crippen LogP contribution < -0.4 is 10.9 Å². The molecular weight excluding hydrogens is 376 g/mol. The van der Waals surface area contributed by atoms with Gasteiger partial charge in [0.2, 0.25) is 0 Å². The number of aliphatic carboxylic acids is 1. The first-order valence-corrected chi connectivity index (χ1v) is 9.52. The summed E-state index contributed by atoms with van der Waals surface area (Å²) in [7, 11) is 0. The van der Waals surface area contributed by atoms with Crippen molar-refractivity contribution in [1.82, 2.24) is 9.88 Å². The molecule has 1 amide bonds. The fourth-order valence-electron chi connectivity index (χ4n) is 2.77. The van der Waals surface area contributed by atoms with Gasteiger partial charge in [0, 0.05) is 23.0 Å². The average molecular weight is 393 g/mol. The maximum atomic E-state index is 12.6. The van der Waals surface area contributed by atoms with Gasteiger partial charge in [-0.3, -0.25) is 9.59 Å². The summed E-state index contributed by atoms with van der Waals surface area (Å²) in [4.78, 5) is 36.3. The molecule has 1 fully saturated rings. The Morgan fingerprint density at radius 3 is 2.69 bits per heavy atom. The van der Waals surface area contributed by atoms with Crippen LogP contribution in [0.3, 0.4) is 0 Å². The molecule has 1 unspecified atom stereocenters. The number of aromatic nitrogens is 1. The SMILES string of the molecule is O=C(NC1(C(=O)O)CCSC1)c1ccc(=O)n(Cc2ccccc2Cl)c1. The predicted octanol–water partition coefficient (Wildman–Crippen LogP) is 2.24. The number of amides is 1. The Morgan fingerprint density at radius 2 is 2.04 bits per heavy atom. The van der Waals surface area contributed by atoms with Crippen molar-refractivity contribution < 1.29 is 14.7 Å². The molecule has 0 bridgehead atoms. The van der Waals surface area contributed by atoms with Crippen LogP contribution >= 0.6 is 23.4 Å². The first kappa shape index (κ1) is 18.5. The predicted molar refractivity (Wildman–Crippen MR) is 101 cm³/mol. The van der Waals surface area contributed by atoms with E-state index in [-0.39, 0.29) is 17.7 Å². The molecule has 0 aliphatic carbocycles. The molecule has 0 radical (unpaired) electrons. The number of hydrogen-bond donors (Lipinski definition) is 2. The molecule has 1 aliphatic rings. The number of thioether (sulfide) groups is 1. The quantitative estimate of drug-likeness (QED) is 0.814. The Hall–Kier alpha value is -2.25. The topological polar surface area (TPSA) is 88.4 Å². The molecule has 1 aromatic carbocycles. The van der Waals surface area contributed by atoms with Crippen molar-refractivity contribution in [3.63, 3.8) is 0 Å². The van der Waals surface area contributed by atoms with Crippen LogP contribution in [0.4, 0.5) is 0 Å². The highest BCUT2D eigenvalue weighted by atomic mass is 35.5. The minimum atomic E-state index is -1.26. The van der Waals surface area contributed by atoms with E-state index in [1.165, 1.54) is 34.7 Å². The second kappa shape index (κ2) is 7.55. The van der Waals surface area contributed by atoms with Crippen LogP contribution in [0, 0.1) is 0 Å². The van der Waals surface area contributed by atoms with Crippen molar-refractivity contribution >= 4 is 35.2 Å². The fraction of sp³-hybridized carbons (Fsp3) is 0.278. The molecule has 1 aliphatic heterocycles. The fourth-order valence-corrected chi connectivity index (χ4v) is 4.30. The summed E-state index contributed by atoms with van der Waals surface area (Å²) >= 11 is 7.62. The first-order chi connectivity index (χ1) is 12.4. The van der Waals surface area contributed by atoms with E-state index in [0.717, 1.165) is 5.56 Å². The van der Waals surface area contributed by atoms with Gasteiger partial charge in [-0.05, 0) is 29.9 Å². The molecule has 2 N–H and O–H groups in total. The van der Waals surface area contributed by atoms with E-state index in [1.54, 1.807) is 18.2 Å². The maximum absolute atomic E-state index is 12.6. The lowest BCUT2D eigenvalue weighted by Crippen LogP contribution is -2.54.